The standard InChI is InChI=1S/C14H25F3N2/c15-14(16,17)12-7-5-11(6-8-12)13(19-18)9-10-3-1-2-4-10/h10-13,19H,1-9,18H2. The van der Waals surface area contributed by atoms with Crippen LogP contribution < -0.4 is 11.3 Å². The van der Waals surface area contributed by atoms with Gasteiger partial charge in [0.25, 0.3) is 0 Å². The second-order valence-corrected chi connectivity index (χ2v) is 6.31. The second kappa shape index (κ2) is 6.44. The van der Waals surface area contributed by atoms with Gasteiger partial charge in [-0.05, 0) is 43.9 Å². The van der Waals surface area contributed by atoms with Gasteiger partial charge in [-0.25, -0.2) is 0 Å². The highest BCUT2D eigenvalue weighted by Crippen LogP contribution is 2.41. The monoisotopic (exact) mass is 278 g/mol. The molecule has 0 saturated heterocycles. The number of alkyl halides is 3. The molecule has 0 radical (unpaired) electrons. The van der Waals surface area contributed by atoms with Crippen molar-refractivity contribution in [3.05, 3.63) is 0 Å². The van der Waals surface area contributed by atoms with Gasteiger partial charge in [-0.3, -0.25) is 11.3 Å². The predicted molar refractivity (Wildman–Crippen MR) is 69.2 cm³/mol. The first-order chi connectivity index (χ1) is 9.00. The highest BCUT2D eigenvalue weighted by molar-refractivity contribution is 4.85. The predicted octanol–water partition coefficient (Wildman–Crippen LogP) is 3.77. The molecule has 3 N–H and O–H groups in total. The Morgan fingerprint density at radius 2 is 1.58 bits per heavy atom. The molecule has 2 nitrogen and oxygen atoms in total. The van der Waals surface area contributed by atoms with Crippen LogP contribution in [0.4, 0.5) is 13.2 Å². The molecule has 0 aromatic heterocycles. The summed E-state index contributed by atoms with van der Waals surface area (Å²) < 4.78 is 37.9. The maximum Gasteiger partial charge on any atom is 0.391 e. The fourth-order valence-electron chi connectivity index (χ4n) is 3.85. The SMILES string of the molecule is NNC(CC1CCCC1)C1CCC(C(F)(F)F)CC1. The maximum absolute atomic E-state index is 12.6. The van der Waals surface area contributed by atoms with E-state index in [-0.39, 0.29) is 18.9 Å². The van der Waals surface area contributed by atoms with Gasteiger partial charge in [0.2, 0.25) is 0 Å². The topological polar surface area (TPSA) is 38.0 Å². The third kappa shape index (κ3) is 4.09. The maximum atomic E-state index is 12.6. The normalized spacial score (nSPS) is 31.6. The lowest BCUT2D eigenvalue weighted by Gasteiger charge is -2.35. The third-order valence-electron chi connectivity index (χ3n) is 5.08. The summed E-state index contributed by atoms with van der Waals surface area (Å²) in [7, 11) is 0. The Morgan fingerprint density at radius 3 is 2.05 bits per heavy atom. The van der Waals surface area contributed by atoms with Crippen LogP contribution >= 0.6 is 0 Å². The molecule has 112 valence electrons. The molecule has 1 atom stereocenters. The molecule has 0 aliphatic heterocycles. The van der Waals surface area contributed by atoms with E-state index in [2.05, 4.69) is 5.43 Å². The van der Waals surface area contributed by atoms with Gasteiger partial charge in [-0.1, -0.05) is 25.7 Å². The molecule has 0 aromatic carbocycles. The number of hydrogen-bond acceptors (Lipinski definition) is 2. The van der Waals surface area contributed by atoms with Crippen LogP contribution in [0.15, 0.2) is 0 Å². The van der Waals surface area contributed by atoms with Crippen molar-refractivity contribution in [2.24, 2.45) is 23.6 Å². The van der Waals surface area contributed by atoms with Crippen LogP contribution in [0.1, 0.15) is 57.8 Å². The van der Waals surface area contributed by atoms with Crippen LogP contribution in [0.5, 0.6) is 0 Å². The highest BCUT2D eigenvalue weighted by atomic mass is 19.4. The number of hydrogen-bond donors (Lipinski definition) is 2. The van der Waals surface area contributed by atoms with Gasteiger partial charge < -0.3 is 0 Å². The van der Waals surface area contributed by atoms with Crippen LogP contribution in [0.3, 0.4) is 0 Å². The summed E-state index contributed by atoms with van der Waals surface area (Å²) >= 11 is 0. The van der Waals surface area contributed by atoms with Crippen LogP contribution in [0.25, 0.3) is 0 Å². The van der Waals surface area contributed by atoms with Gasteiger partial charge in [-0.2, -0.15) is 13.2 Å². The zero-order valence-corrected chi connectivity index (χ0v) is 11.4. The first-order valence-electron chi connectivity index (χ1n) is 7.53. The molecule has 0 amide bonds. The fraction of sp³-hybridized carbons (Fsp3) is 1.00. The van der Waals surface area contributed by atoms with Crippen molar-refractivity contribution in [1.82, 2.24) is 5.43 Å². The van der Waals surface area contributed by atoms with Crippen molar-refractivity contribution >= 4 is 0 Å². The number of hydrazine groups is 1. The first kappa shape index (κ1) is 15.1. The summed E-state index contributed by atoms with van der Waals surface area (Å²) in [5.41, 5.74) is 2.87. The molecule has 5 heteroatoms. The summed E-state index contributed by atoms with van der Waals surface area (Å²) in [6, 6.07) is 0.206. The molecule has 0 aromatic rings. The lowest BCUT2D eigenvalue weighted by atomic mass is 9.76. The zero-order chi connectivity index (χ0) is 13.9. The summed E-state index contributed by atoms with van der Waals surface area (Å²) in [5.74, 6) is 5.59. The molecule has 0 spiro atoms. The van der Waals surface area contributed by atoms with Gasteiger partial charge in [0.05, 0.1) is 5.92 Å². The summed E-state index contributed by atoms with van der Waals surface area (Å²) in [5, 5.41) is 0. The van der Waals surface area contributed by atoms with Crippen LogP contribution in [-0.2, 0) is 0 Å². The van der Waals surface area contributed by atoms with Crippen molar-refractivity contribution in [3.63, 3.8) is 0 Å². The Bertz CT molecular complexity index is 266. The van der Waals surface area contributed by atoms with E-state index in [0.29, 0.717) is 18.8 Å². The molecule has 0 heterocycles. The Hall–Kier alpha value is -0.290. The van der Waals surface area contributed by atoms with Crippen molar-refractivity contribution in [2.45, 2.75) is 70.0 Å². The minimum absolute atomic E-state index is 0.206. The quantitative estimate of drug-likeness (QED) is 0.607. The van der Waals surface area contributed by atoms with Crippen LogP contribution in [0, 0.1) is 17.8 Å². The minimum atomic E-state index is -4.01. The van der Waals surface area contributed by atoms with E-state index in [1.54, 1.807) is 0 Å². The zero-order valence-electron chi connectivity index (χ0n) is 11.4. The molecule has 19 heavy (non-hydrogen) atoms. The van der Waals surface area contributed by atoms with Gasteiger partial charge in [0.1, 0.15) is 0 Å². The molecule has 2 rings (SSSR count). The van der Waals surface area contributed by atoms with Crippen molar-refractivity contribution in [3.8, 4) is 0 Å². The van der Waals surface area contributed by atoms with E-state index in [1.807, 2.05) is 0 Å². The number of halogens is 3. The lowest BCUT2D eigenvalue weighted by molar-refractivity contribution is -0.184. The van der Waals surface area contributed by atoms with Crippen molar-refractivity contribution < 1.29 is 13.2 Å². The van der Waals surface area contributed by atoms with Crippen LogP contribution in [-0.4, -0.2) is 12.2 Å². The largest absolute Gasteiger partial charge is 0.391 e. The Labute approximate surface area is 113 Å². The molecular weight excluding hydrogens is 253 g/mol. The number of nitrogens with two attached hydrogens (primary N) is 1. The number of nitrogens with one attached hydrogen (secondary N) is 1. The molecule has 2 saturated carbocycles. The fourth-order valence-corrected chi connectivity index (χ4v) is 3.85. The molecule has 0 bridgehead atoms. The Balaban J connectivity index is 1.81. The average Bonchev–Trinajstić information content (AvgIpc) is 2.88. The minimum Gasteiger partial charge on any atom is -0.271 e. The summed E-state index contributed by atoms with van der Waals surface area (Å²) in [6.45, 7) is 0. The van der Waals surface area contributed by atoms with E-state index in [1.165, 1.54) is 25.7 Å². The summed E-state index contributed by atoms with van der Waals surface area (Å²) in [4.78, 5) is 0. The highest BCUT2D eigenvalue weighted by Gasteiger charge is 2.42. The average molecular weight is 278 g/mol. The smallest absolute Gasteiger partial charge is 0.271 e. The van der Waals surface area contributed by atoms with E-state index in [9.17, 15) is 13.2 Å². The molecule has 1 unspecified atom stereocenters. The second-order valence-electron chi connectivity index (χ2n) is 6.31. The van der Waals surface area contributed by atoms with Crippen LogP contribution in [0.2, 0.25) is 0 Å². The molecule has 2 fully saturated rings. The summed E-state index contributed by atoms with van der Waals surface area (Å²) in [6.07, 6.45) is 4.00. The Morgan fingerprint density at radius 1 is 1.00 bits per heavy atom. The molecule has 2 aliphatic carbocycles. The number of rotatable bonds is 4. The Kier molecular flexibility index (Phi) is 5.12. The molecule has 2 aliphatic rings. The van der Waals surface area contributed by atoms with Gasteiger partial charge in [0.15, 0.2) is 0 Å². The van der Waals surface area contributed by atoms with Crippen molar-refractivity contribution in [1.29, 1.82) is 0 Å². The third-order valence-corrected chi connectivity index (χ3v) is 5.08. The first-order valence-corrected chi connectivity index (χ1v) is 7.53. The van der Waals surface area contributed by atoms with Gasteiger partial charge in [0, 0.05) is 6.04 Å². The van der Waals surface area contributed by atoms with Gasteiger partial charge >= 0.3 is 6.18 Å². The van der Waals surface area contributed by atoms with E-state index in [0.717, 1.165) is 12.3 Å². The van der Waals surface area contributed by atoms with E-state index in [4.69, 9.17) is 5.84 Å². The molecular formula is C14H25F3N2. The van der Waals surface area contributed by atoms with E-state index >= 15 is 0 Å². The van der Waals surface area contributed by atoms with E-state index < -0.39 is 12.1 Å². The van der Waals surface area contributed by atoms with Gasteiger partial charge in [-0.15, -0.1) is 0 Å². The lowest BCUT2D eigenvalue weighted by Crippen LogP contribution is -2.44. The van der Waals surface area contributed by atoms with Crippen molar-refractivity contribution in [2.75, 3.05) is 0 Å².